The summed E-state index contributed by atoms with van der Waals surface area (Å²) in [5, 5.41) is 3.07. The molecule has 1 heterocycles. The van der Waals surface area contributed by atoms with E-state index in [1.807, 2.05) is 13.0 Å². The van der Waals surface area contributed by atoms with Gasteiger partial charge in [0.15, 0.2) is 5.54 Å². The third-order valence-electron chi connectivity index (χ3n) is 6.27. The molecule has 0 spiro atoms. The minimum atomic E-state index is -0.479. The summed E-state index contributed by atoms with van der Waals surface area (Å²) in [5.41, 5.74) is 1.31. The molecule has 0 aromatic heterocycles. The fraction of sp³-hybridized carbons (Fsp3) is 0.600. The van der Waals surface area contributed by atoms with Gasteiger partial charge in [0.1, 0.15) is 5.75 Å². The first-order valence-corrected chi connectivity index (χ1v) is 9.37. The van der Waals surface area contributed by atoms with Crippen LogP contribution >= 0.6 is 0 Å². The number of likely N-dealkylation sites (N-methyl/N-ethyl adjacent to an activating group) is 1. The fourth-order valence-corrected chi connectivity index (χ4v) is 4.56. The number of anilines is 1. The molecule has 1 aromatic carbocycles. The van der Waals surface area contributed by atoms with Gasteiger partial charge in [-0.2, -0.15) is 0 Å². The second-order valence-electron chi connectivity index (χ2n) is 7.46. The third-order valence-corrected chi connectivity index (χ3v) is 6.27. The van der Waals surface area contributed by atoms with Crippen molar-refractivity contribution in [2.75, 3.05) is 39.2 Å². The van der Waals surface area contributed by atoms with E-state index in [2.05, 4.69) is 12.2 Å². The number of hydrogen-bond acceptors (Lipinski definition) is 4. The Morgan fingerprint density at radius 1 is 1.19 bits per heavy atom. The normalized spacial score (nSPS) is 19.7. The zero-order valence-corrected chi connectivity index (χ0v) is 16.2. The number of amides is 1. The molecule has 1 aliphatic carbocycles. The molecule has 26 heavy (non-hydrogen) atoms. The van der Waals surface area contributed by atoms with Crippen LogP contribution in [0.4, 0.5) is 5.69 Å². The van der Waals surface area contributed by atoms with Gasteiger partial charge in [0, 0.05) is 25.7 Å². The standard InChI is InChI=1S/C20H28N2O4/c1-5-22(10-6-7-11-22)20(8-9-20)19(24)21-17-14(2)12-15(25-3)13-16(17)18(23)26-4/h12-13H,5-11H2,1-4H3/p+1. The topological polar surface area (TPSA) is 64.6 Å². The molecular weight excluding hydrogens is 332 g/mol. The van der Waals surface area contributed by atoms with E-state index in [-0.39, 0.29) is 11.4 Å². The molecule has 1 aromatic rings. The summed E-state index contributed by atoms with van der Waals surface area (Å²) in [6, 6.07) is 3.44. The van der Waals surface area contributed by atoms with E-state index >= 15 is 0 Å². The number of nitrogens with one attached hydrogen (secondary N) is 1. The van der Waals surface area contributed by atoms with Gasteiger partial charge in [-0.05, 0) is 31.5 Å². The molecule has 6 nitrogen and oxygen atoms in total. The Bertz CT molecular complexity index is 719. The first-order chi connectivity index (χ1) is 12.4. The molecule has 3 rings (SSSR count). The number of aryl methyl sites for hydroxylation is 1. The number of methoxy groups -OCH3 is 2. The van der Waals surface area contributed by atoms with Gasteiger partial charge in [0.05, 0.1) is 45.1 Å². The highest BCUT2D eigenvalue weighted by Gasteiger charge is 2.65. The van der Waals surface area contributed by atoms with Crippen LogP contribution < -0.4 is 10.1 Å². The average Bonchev–Trinajstić information content (AvgIpc) is 3.33. The first-order valence-electron chi connectivity index (χ1n) is 9.37. The number of quaternary nitrogens is 1. The van der Waals surface area contributed by atoms with E-state index in [1.54, 1.807) is 13.2 Å². The lowest BCUT2D eigenvalue weighted by Crippen LogP contribution is -2.60. The van der Waals surface area contributed by atoms with Crippen LogP contribution in [0.25, 0.3) is 0 Å². The molecule has 0 unspecified atom stereocenters. The van der Waals surface area contributed by atoms with Crippen LogP contribution in [0.1, 0.15) is 48.5 Å². The Labute approximate surface area is 155 Å². The molecule has 2 aliphatic rings. The van der Waals surface area contributed by atoms with Gasteiger partial charge in [-0.15, -0.1) is 0 Å². The summed E-state index contributed by atoms with van der Waals surface area (Å²) in [6.07, 6.45) is 4.18. The molecular formula is C20H29N2O4+. The summed E-state index contributed by atoms with van der Waals surface area (Å²) in [6.45, 7) is 7.14. The molecule has 1 aliphatic heterocycles. The molecule has 1 N–H and O–H groups in total. The smallest absolute Gasteiger partial charge is 0.340 e. The predicted octanol–water partition coefficient (Wildman–Crippen LogP) is 2.89. The SMILES string of the molecule is CC[N+]1(C2(C(=O)Nc3c(C)cc(OC)cc3C(=O)OC)CC2)CCCC1. The molecule has 0 radical (unpaired) electrons. The minimum absolute atomic E-state index is 0.0275. The van der Waals surface area contributed by atoms with Crippen LogP contribution in [-0.2, 0) is 9.53 Å². The molecule has 0 atom stereocenters. The van der Waals surface area contributed by atoms with E-state index in [0.29, 0.717) is 17.0 Å². The zero-order chi connectivity index (χ0) is 18.9. The summed E-state index contributed by atoms with van der Waals surface area (Å²) in [7, 11) is 2.89. The highest BCUT2D eigenvalue weighted by molar-refractivity contribution is 6.06. The lowest BCUT2D eigenvalue weighted by Gasteiger charge is -2.40. The highest BCUT2D eigenvalue weighted by atomic mass is 16.5. The lowest BCUT2D eigenvalue weighted by molar-refractivity contribution is -0.940. The average molecular weight is 361 g/mol. The van der Waals surface area contributed by atoms with Crippen LogP contribution in [0.15, 0.2) is 12.1 Å². The van der Waals surface area contributed by atoms with Crippen molar-refractivity contribution in [1.82, 2.24) is 0 Å². The maximum absolute atomic E-state index is 13.3. The van der Waals surface area contributed by atoms with Gasteiger partial charge >= 0.3 is 5.97 Å². The van der Waals surface area contributed by atoms with Crippen molar-refractivity contribution in [3.63, 3.8) is 0 Å². The van der Waals surface area contributed by atoms with Gasteiger partial charge < -0.3 is 19.3 Å². The lowest BCUT2D eigenvalue weighted by atomic mass is 10.0. The van der Waals surface area contributed by atoms with Gasteiger partial charge in [-0.3, -0.25) is 4.79 Å². The molecule has 2 fully saturated rings. The van der Waals surface area contributed by atoms with Crippen LogP contribution in [0.3, 0.4) is 0 Å². The highest BCUT2D eigenvalue weighted by Crippen LogP contribution is 2.50. The number of hydrogen-bond donors (Lipinski definition) is 1. The van der Waals surface area contributed by atoms with Gasteiger partial charge in [-0.1, -0.05) is 0 Å². The fourth-order valence-electron chi connectivity index (χ4n) is 4.56. The van der Waals surface area contributed by atoms with Crippen LogP contribution in [0, 0.1) is 6.92 Å². The Kier molecular flexibility index (Phi) is 4.97. The number of rotatable bonds is 6. The summed E-state index contributed by atoms with van der Waals surface area (Å²) < 4.78 is 11.0. The van der Waals surface area contributed by atoms with E-state index in [0.717, 1.165) is 42.5 Å². The number of carbonyl (C=O) groups excluding carboxylic acids is 2. The molecule has 6 heteroatoms. The van der Waals surface area contributed by atoms with Crippen molar-refractivity contribution in [2.24, 2.45) is 0 Å². The maximum atomic E-state index is 13.3. The number of esters is 1. The Morgan fingerprint density at radius 3 is 2.35 bits per heavy atom. The van der Waals surface area contributed by atoms with Crippen molar-refractivity contribution in [3.8, 4) is 5.75 Å². The quantitative estimate of drug-likeness (QED) is 0.625. The van der Waals surface area contributed by atoms with Crippen LogP contribution in [-0.4, -0.2) is 55.8 Å². The molecule has 1 saturated carbocycles. The monoisotopic (exact) mass is 361 g/mol. The molecule has 1 amide bonds. The number of ether oxygens (including phenoxy) is 2. The molecule has 142 valence electrons. The van der Waals surface area contributed by atoms with Gasteiger partial charge in [-0.25, -0.2) is 4.79 Å². The van der Waals surface area contributed by atoms with Gasteiger partial charge in [0.2, 0.25) is 0 Å². The second-order valence-corrected chi connectivity index (χ2v) is 7.46. The van der Waals surface area contributed by atoms with Crippen LogP contribution in [0.2, 0.25) is 0 Å². The predicted molar refractivity (Wildman–Crippen MR) is 99.4 cm³/mol. The second kappa shape index (κ2) is 6.91. The van der Waals surface area contributed by atoms with Crippen LogP contribution in [0.5, 0.6) is 5.75 Å². The van der Waals surface area contributed by atoms with E-state index < -0.39 is 5.97 Å². The zero-order valence-electron chi connectivity index (χ0n) is 16.2. The largest absolute Gasteiger partial charge is 0.497 e. The van der Waals surface area contributed by atoms with E-state index in [9.17, 15) is 9.59 Å². The molecule has 0 bridgehead atoms. The first kappa shape index (κ1) is 18.7. The van der Waals surface area contributed by atoms with Crippen molar-refractivity contribution >= 4 is 17.6 Å². The Hall–Kier alpha value is -2.08. The summed E-state index contributed by atoms with van der Waals surface area (Å²) in [5.74, 6) is 0.117. The Balaban J connectivity index is 1.94. The summed E-state index contributed by atoms with van der Waals surface area (Å²) in [4.78, 5) is 25.6. The Morgan fingerprint density at radius 2 is 1.85 bits per heavy atom. The summed E-state index contributed by atoms with van der Waals surface area (Å²) >= 11 is 0. The number of nitrogens with zero attached hydrogens (tertiary/aromatic N) is 1. The van der Waals surface area contributed by atoms with E-state index in [1.165, 1.54) is 20.0 Å². The maximum Gasteiger partial charge on any atom is 0.340 e. The van der Waals surface area contributed by atoms with Crippen molar-refractivity contribution in [2.45, 2.75) is 45.1 Å². The van der Waals surface area contributed by atoms with Crippen molar-refractivity contribution in [3.05, 3.63) is 23.3 Å². The van der Waals surface area contributed by atoms with E-state index in [4.69, 9.17) is 9.47 Å². The number of benzene rings is 1. The minimum Gasteiger partial charge on any atom is -0.497 e. The van der Waals surface area contributed by atoms with Gasteiger partial charge in [0.25, 0.3) is 5.91 Å². The van der Waals surface area contributed by atoms with Crippen molar-refractivity contribution < 1.29 is 23.5 Å². The number of likely N-dealkylation sites (tertiary alicyclic amines) is 1. The number of carbonyl (C=O) groups is 2. The van der Waals surface area contributed by atoms with Crippen molar-refractivity contribution in [1.29, 1.82) is 0 Å². The third kappa shape index (κ3) is 2.86. The molecule has 1 saturated heterocycles.